The molecule has 2 fully saturated rings. The maximum atomic E-state index is 12.5. The number of likely N-dealkylation sites (tertiary alicyclic amines) is 1. The minimum atomic E-state index is -0.492. The van der Waals surface area contributed by atoms with Gasteiger partial charge in [0.25, 0.3) is 0 Å². The molecule has 6 nitrogen and oxygen atoms in total. The third-order valence-electron chi connectivity index (χ3n) is 5.85. The first-order valence-electron chi connectivity index (χ1n) is 10.3. The van der Waals surface area contributed by atoms with E-state index in [4.69, 9.17) is 19.0 Å². The highest BCUT2D eigenvalue weighted by Gasteiger charge is 2.52. The summed E-state index contributed by atoms with van der Waals surface area (Å²) >= 11 is 2.24. The van der Waals surface area contributed by atoms with Crippen LogP contribution in [0, 0.1) is 3.70 Å². The number of hydrogen-bond donors (Lipinski definition) is 0. The van der Waals surface area contributed by atoms with E-state index in [0.717, 1.165) is 34.2 Å². The molecule has 0 bridgehead atoms. The second-order valence-corrected chi connectivity index (χ2v) is 11.1. The van der Waals surface area contributed by atoms with Crippen molar-refractivity contribution in [3.63, 3.8) is 0 Å². The summed E-state index contributed by atoms with van der Waals surface area (Å²) in [6, 6.07) is 4.09. The van der Waals surface area contributed by atoms with Crippen LogP contribution in [0.1, 0.15) is 72.9 Å². The molecular formula is C21H32BIN2O4. The normalized spacial score (nSPS) is 23.9. The van der Waals surface area contributed by atoms with Crippen LogP contribution >= 0.6 is 22.6 Å². The molecule has 1 aromatic rings. The van der Waals surface area contributed by atoms with Gasteiger partial charge in [0.1, 0.15) is 9.30 Å². The fourth-order valence-corrected chi connectivity index (χ4v) is 4.21. The molecule has 2 saturated heterocycles. The first-order chi connectivity index (χ1) is 13.3. The summed E-state index contributed by atoms with van der Waals surface area (Å²) in [5.41, 5.74) is 0.701. The summed E-state index contributed by atoms with van der Waals surface area (Å²) in [5, 5.41) is 0. The number of halogens is 1. The molecule has 0 aromatic carbocycles. The van der Waals surface area contributed by atoms with Gasteiger partial charge in [0.15, 0.2) is 0 Å². The van der Waals surface area contributed by atoms with Gasteiger partial charge in [-0.25, -0.2) is 9.78 Å². The van der Waals surface area contributed by atoms with Crippen LogP contribution in [0.5, 0.6) is 0 Å². The van der Waals surface area contributed by atoms with Crippen LogP contribution in [0.25, 0.3) is 0 Å². The van der Waals surface area contributed by atoms with Gasteiger partial charge >= 0.3 is 13.2 Å². The Labute approximate surface area is 188 Å². The van der Waals surface area contributed by atoms with Crippen LogP contribution in [0.2, 0.25) is 0 Å². The maximum absolute atomic E-state index is 12.5. The minimum absolute atomic E-state index is 0.173. The highest BCUT2D eigenvalue weighted by Crippen LogP contribution is 2.37. The number of carbonyl (C=O) groups excluding carboxylic acids is 1. The predicted molar refractivity (Wildman–Crippen MR) is 122 cm³/mol. The lowest BCUT2D eigenvalue weighted by Crippen LogP contribution is -2.42. The molecular weight excluding hydrogens is 482 g/mol. The summed E-state index contributed by atoms with van der Waals surface area (Å²) in [7, 11) is -0.416. The van der Waals surface area contributed by atoms with Gasteiger partial charge in [-0.05, 0) is 101 Å². The molecule has 1 aromatic heterocycles. The number of piperidine rings is 1. The smallest absolute Gasteiger partial charge is 0.444 e. The number of amides is 1. The second-order valence-electron chi connectivity index (χ2n) is 10.0. The van der Waals surface area contributed by atoms with Gasteiger partial charge in [-0.2, -0.15) is 0 Å². The second kappa shape index (κ2) is 8.00. The van der Waals surface area contributed by atoms with Gasteiger partial charge < -0.3 is 18.9 Å². The Kier molecular flexibility index (Phi) is 6.29. The van der Waals surface area contributed by atoms with Crippen LogP contribution in [0.15, 0.2) is 12.1 Å². The summed E-state index contributed by atoms with van der Waals surface area (Å²) in [6.07, 6.45) is 1.68. The van der Waals surface area contributed by atoms with Crippen molar-refractivity contribution in [1.82, 2.24) is 9.88 Å². The van der Waals surface area contributed by atoms with Crippen molar-refractivity contribution in [2.45, 2.75) is 84.0 Å². The molecule has 2 aliphatic rings. The Morgan fingerprint density at radius 1 is 1.24 bits per heavy atom. The van der Waals surface area contributed by atoms with Gasteiger partial charge in [-0.1, -0.05) is 0 Å². The zero-order valence-electron chi connectivity index (χ0n) is 18.5. The van der Waals surface area contributed by atoms with Crippen molar-refractivity contribution in [2.75, 3.05) is 13.1 Å². The maximum Gasteiger partial charge on any atom is 0.494 e. The van der Waals surface area contributed by atoms with Crippen molar-refractivity contribution in [3.05, 3.63) is 21.5 Å². The van der Waals surface area contributed by atoms with Crippen LogP contribution in [0.3, 0.4) is 0 Å². The van der Waals surface area contributed by atoms with Gasteiger partial charge in [0.05, 0.1) is 11.2 Å². The lowest BCUT2D eigenvalue weighted by Gasteiger charge is -2.34. The van der Waals surface area contributed by atoms with E-state index in [1.165, 1.54) is 0 Å². The van der Waals surface area contributed by atoms with E-state index in [0.29, 0.717) is 6.54 Å². The zero-order chi connectivity index (χ0) is 21.6. The number of rotatable bonds is 2. The average Bonchev–Trinajstić information content (AvgIpc) is 2.81. The molecule has 0 radical (unpaired) electrons. The fourth-order valence-electron chi connectivity index (χ4n) is 3.57. The highest BCUT2D eigenvalue weighted by atomic mass is 127. The molecule has 160 valence electrons. The molecule has 1 amide bonds. The Morgan fingerprint density at radius 3 is 2.45 bits per heavy atom. The Bertz CT molecular complexity index is 762. The van der Waals surface area contributed by atoms with E-state index in [9.17, 15) is 4.79 Å². The first kappa shape index (κ1) is 22.8. The Balaban J connectivity index is 1.79. The van der Waals surface area contributed by atoms with Crippen molar-refractivity contribution >= 4 is 41.3 Å². The number of pyridine rings is 1. The minimum Gasteiger partial charge on any atom is -0.444 e. The van der Waals surface area contributed by atoms with Crippen molar-refractivity contribution in [3.8, 4) is 0 Å². The van der Waals surface area contributed by atoms with Crippen LogP contribution in [-0.4, -0.2) is 53.0 Å². The summed E-state index contributed by atoms with van der Waals surface area (Å²) < 4.78 is 18.9. The molecule has 2 aliphatic heterocycles. The van der Waals surface area contributed by atoms with E-state index in [2.05, 4.69) is 56.4 Å². The number of carbonyl (C=O) groups is 1. The lowest BCUT2D eigenvalue weighted by atomic mass is 9.78. The molecule has 3 rings (SSSR count). The average molecular weight is 514 g/mol. The van der Waals surface area contributed by atoms with E-state index in [1.807, 2.05) is 26.8 Å². The lowest BCUT2D eigenvalue weighted by molar-refractivity contribution is 0.00578. The SMILES string of the molecule is CC(C)(C)OC(=O)N1CCCC(c2cc(B3OC(C)(C)C(C)(C)O3)cc(I)n2)C1. The largest absolute Gasteiger partial charge is 0.494 e. The van der Waals surface area contributed by atoms with Crippen LogP contribution in [-0.2, 0) is 14.0 Å². The molecule has 0 N–H and O–H groups in total. The molecule has 0 aliphatic carbocycles. The standard InChI is InChI=1S/C21H32BIN2O4/c1-19(2,3)27-18(26)25-10-8-9-14(13-25)16-11-15(12-17(23)24-16)22-28-20(4,5)21(6,7)29-22/h11-12,14H,8-10,13H2,1-7H3. The number of hydrogen-bond acceptors (Lipinski definition) is 5. The zero-order valence-corrected chi connectivity index (χ0v) is 20.7. The first-order valence-corrected chi connectivity index (χ1v) is 11.4. The third kappa shape index (κ3) is 5.25. The Morgan fingerprint density at radius 2 is 1.86 bits per heavy atom. The Hall–Kier alpha value is -0.865. The monoisotopic (exact) mass is 514 g/mol. The molecule has 1 unspecified atom stereocenters. The summed E-state index contributed by atoms with van der Waals surface area (Å²) in [4.78, 5) is 19.1. The van der Waals surface area contributed by atoms with E-state index < -0.39 is 12.7 Å². The van der Waals surface area contributed by atoms with Gasteiger partial charge in [-0.15, -0.1) is 0 Å². The van der Waals surface area contributed by atoms with E-state index >= 15 is 0 Å². The molecule has 0 saturated carbocycles. The third-order valence-corrected chi connectivity index (χ3v) is 6.41. The number of ether oxygens (including phenoxy) is 1. The van der Waals surface area contributed by atoms with Gasteiger partial charge in [0.2, 0.25) is 0 Å². The van der Waals surface area contributed by atoms with Gasteiger partial charge in [-0.3, -0.25) is 0 Å². The summed E-state index contributed by atoms with van der Waals surface area (Å²) in [6.45, 7) is 15.2. The molecule has 29 heavy (non-hydrogen) atoms. The van der Waals surface area contributed by atoms with Crippen molar-refractivity contribution in [1.29, 1.82) is 0 Å². The number of nitrogens with zero attached hydrogens (tertiary/aromatic N) is 2. The molecule has 0 spiro atoms. The van der Waals surface area contributed by atoms with Gasteiger partial charge in [0, 0.05) is 24.7 Å². The van der Waals surface area contributed by atoms with E-state index in [-0.39, 0.29) is 23.2 Å². The molecule has 1 atom stereocenters. The highest BCUT2D eigenvalue weighted by molar-refractivity contribution is 14.1. The van der Waals surface area contributed by atoms with Crippen LogP contribution < -0.4 is 5.46 Å². The van der Waals surface area contributed by atoms with Crippen LogP contribution in [0.4, 0.5) is 4.79 Å². The fraction of sp³-hybridized carbons (Fsp3) is 0.714. The topological polar surface area (TPSA) is 60.9 Å². The molecule has 8 heteroatoms. The van der Waals surface area contributed by atoms with Crippen molar-refractivity contribution in [2.24, 2.45) is 0 Å². The number of aromatic nitrogens is 1. The predicted octanol–water partition coefficient (Wildman–Crippen LogP) is 4.10. The van der Waals surface area contributed by atoms with Crippen molar-refractivity contribution < 1.29 is 18.8 Å². The van der Waals surface area contributed by atoms with E-state index in [1.54, 1.807) is 4.90 Å². The summed E-state index contributed by atoms with van der Waals surface area (Å²) in [5.74, 6) is 0.173. The molecule has 3 heterocycles. The quantitative estimate of drug-likeness (QED) is 0.338.